The van der Waals surface area contributed by atoms with Gasteiger partial charge in [-0.1, -0.05) is 13.8 Å². The molecule has 0 amide bonds. The van der Waals surface area contributed by atoms with Gasteiger partial charge in [-0.2, -0.15) is 11.8 Å². The Kier molecular flexibility index (Phi) is 6.57. The molecule has 0 radical (unpaired) electrons. The second-order valence-corrected chi connectivity index (χ2v) is 7.64. The van der Waals surface area contributed by atoms with E-state index in [1.54, 1.807) is 25.6 Å². The highest BCUT2D eigenvalue weighted by Gasteiger charge is 2.26. The SMILES string of the molecule is CSCCNS(=O)(=O)c1c(C)oc(C)c1CNC(C)C. The van der Waals surface area contributed by atoms with Crippen LogP contribution in [0.25, 0.3) is 0 Å². The van der Waals surface area contributed by atoms with Crippen molar-refractivity contribution in [2.75, 3.05) is 18.6 Å². The fraction of sp³-hybridized carbons (Fsp3) is 0.692. The van der Waals surface area contributed by atoms with Crippen molar-refractivity contribution < 1.29 is 12.8 Å². The molecule has 116 valence electrons. The Morgan fingerprint density at radius 2 is 1.90 bits per heavy atom. The van der Waals surface area contributed by atoms with Gasteiger partial charge in [-0.15, -0.1) is 0 Å². The van der Waals surface area contributed by atoms with Crippen molar-refractivity contribution in [2.24, 2.45) is 0 Å². The Balaban J connectivity index is 3.03. The van der Waals surface area contributed by atoms with Crippen LogP contribution in [0.1, 0.15) is 30.9 Å². The Morgan fingerprint density at radius 3 is 2.45 bits per heavy atom. The highest BCUT2D eigenvalue weighted by molar-refractivity contribution is 7.98. The van der Waals surface area contributed by atoms with Gasteiger partial charge in [0.15, 0.2) is 0 Å². The standard InChI is InChI=1S/C13H24N2O3S2/c1-9(2)14-8-12-10(3)18-11(4)13(12)20(16,17)15-6-7-19-5/h9,14-15H,6-8H2,1-5H3. The first-order chi connectivity index (χ1) is 9.29. The molecular formula is C13H24N2O3S2. The molecule has 7 heteroatoms. The molecule has 0 bridgehead atoms. The Morgan fingerprint density at radius 1 is 1.25 bits per heavy atom. The van der Waals surface area contributed by atoms with Gasteiger partial charge in [0.2, 0.25) is 10.0 Å². The number of nitrogens with one attached hydrogen (secondary N) is 2. The van der Waals surface area contributed by atoms with Gasteiger partial charge in [0.05, 0.1) is 0 Å². The van der Waals surface area contributed by atoms with Crippen LogP contribution in [0.5, 0.6) is 0 Å². The van der Waals surface area contributed by atoms with Crippen LogP contribution >= 0.6 is 11.8 Å². The molecule has 1 aromatic heterocycles. The molecule has 0 aromatic carbocycles. The van der Waals surface area contributed by atoms with Gasteiger partial charge in [0, 0.05) is 30.4 Å². The smallest absolute Gasteiger partial charge is 0.244 e. The molecule has 5 nitrogen and oxygen atoms in total. The van der Waals surface area contributed by atoms with E-state index in [1.165, 1.54) is 0 Å². The largest absolute Gasteiger partial charge is 0.465 e. The molecule has 0 aliphatic carbocycles. The topological polar surface area (TPSA) is 71.3 Å². The van der Waals surface area contributed by atoms with E-state index >= 15 is 0 Å². The Labute approximate surface area is 125 Å². The lowest BCUT2D eigenvalue weighted by molar-refractivity contribution is 0.491. The first-order valence-corrected chi connectivity index (χ1v) is 9.48. The van der Waals surface area contributed by atoms with Crippen LogP contribution in [0.4, 0.5) is 0 Å². The van der Waals surface area contributed by atoms with E-state index in [1.807, 2.05) is 20.1 Å². The third-order valence-electron chi connectivity index (χ3n) is 2.88. The fourth-order valence-corrected chi connectivity index (χ4v) is 3.83. The molecule has 0 aliphatic rings. The zero-order valence-corrected chi connectivity index (χ0v) is 14.4. The first kappa shape index (κ1) is 17.6. The molecule has 0 saturated heterocycles. The summed E-state index contributed by atoms with van der Waals surface area (Å²) >= 11 is 1.60. The number of hydrogen-bond donors (Lipinski definition) is 2. The lowest BCUT2D eigenvalue weighted by Gasteiger charge is -2.11. The van der Waals surface area contributed by atoms with Crippen molar-refractivity contribution in [3.63, 3.8) is 0 Å². The molecule has 0 spiro atoms. The fourth-order valence-electron chi connectivity index (χ4n) is 1.92. The molecule has 0 saturated carbocycles. The van der Waals surface area contributed by atoms with Gasteiger partial charge < -0.3 is 9.73 Å². The molecule has 1 heterocycles. The van der Waals surface area contributed by atoms with Gasteiger partial charge in [-0.3, -0.25) is 0 Å². The normalized spacial score (nSPS) is 12.3. The van der Waals surface area contributed by atoms with E-state index in [0.29, 0.717) is 30.2 Å². The highest BCUT2D eigenvalue weighted by atomic mass is 32.2. The Hall–Kier alpha value is -0.500. The second kappa shape index (κ2) is 7.49. The monoisotopic (exact) mass is 320 g/mol. The quantitative estimate of drug-likeness (QED) is 0.717. The zero-order chi connectivity index (χ0) is 15.3. The summed E-state index contributed by atoms with van der Waals surface area (Å²) in [6.45, 7) is 8.43. The van der Waals surface area contributed by atoms with Crippen molar-refractivity contribution in [1.29, 1.82) is 0 Å². The number of hydrogen-bond acceptors (Lipinski definition) is 5. The van der Waals surface area contributed by atoms with E-state index in [9.17, 15) is 8.42 Å². The zero-order valence-electron chi connectivity index (χ0n) is 12.7. The van der Waals surface area contributed by atoms with E-state index in [-0.39, 0.29) is 10.9 Å². The van der Waals surface area contributed by atoms with Gasteiger partial charge >= 0.3 is 0 Å². The highest BCUT2D eigenvalue weighted by Crippen LogP contribution is 2.26. The molecule has 0 aliphatic heterocycles. The minimum Gasteiger partial charge on any atom is -0.465 e. The van der Waals surface area contributed by atoms with E-state index in [4.69, 9.17) is 4.42 Å². The van der Waals surface area contributed by atoms with Crippen LogP contribution < -0.4 is 10.0 Å². The third kappa shape index (κ3) is 4.51. The first-order valence-electron chi connectivity index (χ1n) is 6.60. The van der Waals surface area contributed by atoms with Crippen LogP contribution in [0.2, 0.25) is 0 Å². The summed E-state index contributed by atoms with van der Waals surface area (Å²) < 4.78 is 32.9. The van der Waals surface area contributed by atoms with Gasteiger partial charge in [-0.25, -0.2) is 13.1 Å². The average molecular weight is 320 g/mol. The van der Waals surface area contributed by atoms with Crippen LogP contribution in [0.3, 0.4) is 0 Å². The molecule has 2 N–H and O–H groups in total. The van der Waals surface area contributed by atoms with Crippen LogP contribution in [0.15, 0.2) is 9.31 Å². The van der Waals surface area contributed by atoms with Gasteiger partial charge in [0.25, 0.3) is 0 Å². The second-order valence-electron chi connectivity index (χ2n) is 4.95. The van der Waals surface area contributed by atoms with E-state index in [0.717, 1.165) is 5.75 Å². The lowest BCUT2D eigenvalue weighted by Crippen LogP contribution is -2.29. The van der Waals surface area contributed by atoms with Crippen molar-refractivity contribution >= 4 is 21.8 Å². The van der Waals surface area contributed by atoms with Crippen LogP contribution in [-0.4, -0.2) is 33.0 Å². The lowest BCUT2D eigenvalue weighted by atomic mass is 10.2. The summed E-state index contributed by atoms with van der Waals surface area (Å²) in [6, 6.07) is 0.282. The third-order valence-corrected chi connectivity index (χ3v) is 5.15. The number of rotatable bonds is 8. The van der Waals surface area contributed by atoms with Gasteiger partial charge in [-0.05, 0) is 20.1 Å². The van der Waals surface area contributed by atoms with Crippen molar-refractivity contribution in [3.05, 3.63) is 17.1 Å². The van der Waals surface area contributed by atoms with Crippen molar-refractivity contribution in [3.8, 4) is 0 Å². The van der Waals surface area contributed by atoms with Crippen molar-refractivity contribution in [2.45, 2.75) is 45.2 Å². The molecule has 1 aromatic rings. The molecule has 0 atom stereocenters. The number of sulfonamides is 1. The molecule has 1 rings (SSSR count). The maximum Gasteiger partial charge on any atom is 0.244 e. The molecule has 0 fully saturated rings. The summed E-state index contributed by atoms with van der Waals surface area (Å²) in [5.74, 6) is 1.84. The average Bonchev–Trinajstić information content (AvgIpc) is 2.62. The maximum absolute atomic E-state index is 12.4. The van der Waals surface area contributed by atoms with E-state index in [2.05, 4.69) is 10.0 Å². The number of aryl methyl sites for hydroxylation is 2. The number of thioether (sulfide) groups is 1. The van der Waals surface area contributed by atoms with Gasteiger partial charge in [0.1, 0.15) is 16.4 Å². The molecule has 20 heavy (non-hydrogen) atoms. The summed E-state index contributed by atoms with van der Waals surface area (Å²) in [4.78, 5) is 0.282. The van der Waals surface area contributed by atoms with Crippen LogP contribution in [-0.2, 0) is 16.6 Å². The molecule has 0 unspecified atom stereocenters. The molecular weight excluding hydrogens is 296 g/mol. The summed E-state index contributed by atoms with van der Waals surface area (Å²) in [7, 11) is -3.52. The summed E-state index contributed by atoms with van der Waals surface area (Å²) in [6.07, 6.45) is 1.94. The van der Waals surface area contributed by atoms with Crippen molar-refractivity contribution in [1.82, 2.24) is 10.0 Å². The van der Waals surface area contributed by atoms with Crippen LogP contribution in [0, 0.1) is 13.8 Å². The predicted molar refractivity (Wildman–Crippen MR) is 83.7 cm³/mol. The maximum atomic E-state index is 12.4. The summed E-state index contributed by atoms with van der Waals surface area (Å²) in [5, 5.41) is 3.24. The Bertz CT molecular complexity index is 536. The summed E-state index contributed by atoms with van der Waals surface area (Å²) in [5.41, 5.74) is 0.716. The number of furan rings is 1. The minimum absolute atomic E-state index is 0.282. The minimum atomic E-state index is -3.52. The van der Waals surface area contributed by atoms with E-state index < -0.39 is 10.0 Å². The predicted octanol–water partition coefficient (Wildman–Crippen LogP) is 2.04.